The first-order valence-corrected chi connectivity index (χ1v) is 5.18. The summed E-state index contributed by atoms with van der Waals surface area (Å²) in [5.41, 5.74) is 4.01. The minimum Gasteiger partial charge on any atom is -0.507 e. The predicted octanol–water partition coefficient (Wildman–Crippen LogP) is 3.16. The van der Waals surface area contributed by atoms with Crippen molar-refractivity contribution < 1.29 is 9.84 Å². The Morgan fingerprint density at radius 2 is 1.73 bits per heavy atom. The van der Waals surface area contributed by atoms with Crippen molar-refractivity contribution in [2.75, 3.05) is 0 Å². The smallest absolute Gasteiger partial charge is 0.134 e. The maximum absolute atomic E-state index is 9.93. The number of aromatic hydroxyl groups is 1. The SMILES string of the molecule is CC1=CCc2c(C)c(O)c(C)c(C)c2O1. The highest BCUT2D eigenvalue weighted by atomic mass is 16.5. The fraction of sp³-hybridized carbons (Fsp3) is 0.385. The number of phenolic OH excluding ortho intramolecular Hbond substituents is 1. The van der Waals surface area contributed by atoms with Crippen molar-refractivity contribution in [3.63, 3.8) is 0 Å². The van der Waals surface area contributed by atoms with Crippen LogP contribution in [0.3, 0.4) is 0 Å². The average molecular weight is 204 g/mol. The van der Waals surface area contributed by atoms with Crippen LogP contribution in [-0.4, -0.2) is 5.11 Å². The molecule has 1 N–H and O–H groups in total. The van der Waals surface area contributed by atoms with Gasteiger partial charge in [-0.3, -0.25) is 0 Å². The lowest BCUT2D eigenvalue weighted by Crippen LogP contribution is -2.07. The second kappa shape index (κ2) is 3.30. The van der Waals surface area contributed by atoms with Crippen molar-refractivity contribution >= 4 is 0 Å². The highest BCUT2D eigenvalue weighted by Gasteiger charge is 2.20. The number of phenols is 1. The van der Waals surface area contributed by atoms with Crippen LogP contribution in [0, 0.1) is 20.8 Å². The summed E-state index contributed by atoms with van der Waals surface area (Å²) < 4.78 is 5.73. The molecule has 80 valence electrons. The monoisotopic (exact) mass is 204 g/mol. The number of ether oxygens (including phenoxy) is 1. The number of allylic oxidation sites excluding steroid dienone is 2. The van der Waals surface area contributed by atoms with Crippen molar-refractivity contribution in [2.24, 2.45) is 0 Å². The predicted molar refractivity (Wildman–Crippen MR) is 60.4 cm³/mol. The highest BCUT2D eigenvalue weighted by molar-refractivity contribution is 5.59. The van der Waals surface area contributed by atoms with Crippen LogP contribution >= 0.6 is 0 Å². The molecule has 0 amide bonds. The molecule has 1 heterocycles. The van der Waals surface area contributed by atoms with Gasteiger partial charge in [-0.25, -0.2) is 0 Å². The van der Waals surface area contributed by atoms with Gasteiger partial charge >= 0.3 is 0 Å². The summed E-state index contributed by atoms with van der Waals surface area (Å²) in [7, 11) is 0. The van der Waals surface area contributed by atoms with Crippen LogP contribution in [-0.2, 0) is 6.42 Å². The molecule has 0 unspecified atom stereocenters. The number of rotatable bonds is 0. The number of fused-ring (bicyclic) bond motifs is 1. The van der Waals surface area contributed by atoms with Crippen LogP contribution in [0.15, 0.2) is 11.8 Å². The molecule has 1 aliphatic rings. The van der Waals surface area contributed by atoms with E-state index in [0.29, 0.717) is 5.75 Å². The molecule has 0 saturated heterocycles. The van der Waals surface area contributed by atoms with Crippen molar-refractivity contribution in [3.8, 4) is 11.5 Å². The molecule has 0 fully saturated rings. The Bertz CT molecular complexity index is 456. The maximum Gasteiger partial charge on any atom is 0.134 e. The third-order valence-corrected chi connectivity index (χ3v) is 3.20. The molecule has 0 bridgehead atoms. The summed E-state index contributed by atoms with van der Waals surface area (Å²) >= 11 is 0. The van der Waals surface area contributed by atoms with E-state index in [2.05, 4.69) is 0 Å². The first-order chi connectivity index (χ1) is 7.02. The standard InChI is InChI=1S/C13H16O2/c1-7-5-6-11-10(4)12(14)8(2)9(3)13(11)15-7/h5,14H,6H2,1-4H3. The lowest BCUT2D eigenvalue weighted by Gasteiger charge is -2.22. The molecule has 2 rings (SSSR count). The Balaban J connectivity index is 2.70. The van der Waals surface area contributed by atoms with E-state index in [1.165, 1.54) is 0 Å². The number of benzene rings is 1. The summed E-state index contributed by atoms with van der Waals surface area (Å²) in [5.74, 6) is 2.28. The zero-order chi connectivity index (χ0) is 11.2. The van der Waals surface area contributed by atoms with Gasteiger partial charge in [0.15, 0.2) is 0 Å². The van der Waals surface area contributed by atoms with E-state index < -0.39 is 0 Å². The molecule has 2 nitrogen and oxygen atoms in total. The van der Waals surface area contributed by atoms with Crippen LogP contribution in [0.2, 0.25) is 0 Å². The van der Waals surface area contributed by atoms with E-state index in [1.807, 2.05) is 33.8 Å². The van der Waals surface area contributed by atoms with Gasteiger partial charge in [-0.15, -0.1) is 0 Å². The lowest BCUT2D eigenvalue weighted by molar-refractivity contribution is 0.402. The van der Waals surface area contributed by atoms with Crippen molar-refractivity contribution in [1.82, 2.24) is 0 Å². The molecule has 0 aromatic heterocycles. The van der Waals surface area contributed by atoms with Crippen LogP contribution in [0.25, 0.3) is 0 Å². The van der Waals surface area contributed by atoms with Crippen LogP contribution in [0.5, 0.6) is 11.5 Å². The molecule has 1 aliphatic heterocycles. The second-order valence-electron chi connectivity index (χ2n) is 4.15. The molecular weight excluding hydrogens is 188 g/mol. The molecule has 0 spiro atoms. The third kappa shape index (κ3) is 1.41. The summed E-state index contributed by atoms with van der Waals surface area (Å²) in [5, 5.41) is 9.93. The van der Waals surface area contributed by atoms with E-state index >= 15 is 0 Å². The van der Waals surface area contributed by atoms with Gasteiger partial charge in [-0.05, 0) is 56.9 Å². The first kappa shape index (κ1) is 10.1. The Labute approximate surface area is 90.2 Å². The van der Waals surface area contributed by atoms with Gasteiger partial charge in [-0.2, -0.15) is 0 Å². The van der Waals surface area contributed by atoms with Gasteiger partial charge in [0.2, 0.25) is 0 Å². The molecular formula is C13H16O2. The summed E-state index contributed by atoms with van der Waals surface area (Å²) in [6.07, 6.45) is 2.89. The van der Waals surface area contributed by atoms with Gasteiger partial charge in [-0.1, -0.05) is 0 Å². The minimum atomic E-state index is 0.405. The fourth-order valence-corrected chi connectivity index (χ4v) is 2.00. The number of hydrogen-bond donors (Lipinski definition) is 1. The van der Waals surface area contributed by atoms with Crippen LogP contribution < -0.4 is 4.74 Å². The summed E-state index contributed by atoms with van der Waals surface area (Å²) in [6, 6.07) is 0. The van der Waals surface area contributed by atoms with E-state index in [-0.39, 0.29) is 0 Å². The molecule has 1 aromatic carbocycles. The highest BCUT2D eigenvalue weighted by Crippen LogP contribution is 2.39. The van der Waals surface area contributed by atoms with Crippen molar-refractivity contribution in [1.29, 1.82) is 0 Å². The van der Waals surface area contributed by atoms with Gasteiger partial charge in [0.1, 0.15) is 11.5 Å². The topological polar surface area (TPSA) is 29.5 Å². The van der Waals surface area contributed by atoms with Gasteiger partial charge in [0.05, 0.1) is 5.76 Å². The number of hydrogen-bond acceptors (Lipinski definition) is 2. The van der Waals surface area contributed by atoms with Crippen LogP contribution in [0.4, 0.5) is 0 Å². The van der Waals surface area contributed by atoms with E-state index in [9.17, 15) is 5.11 Å². The van der Waals surface area contributed by atoms with E-state index in [4.69, 9.17) is 4.74 Å². The fourth-order valence-electron chi connectivity index (χ4n) is 2.00. The maximum atomic E-state index is 9.93. The van der Waals surface area contributed by atoms with Gasteiger partial charge in [0, 0.05) is 5.56 Å². The normalized spacial score (nSPS) is 14.3. The molecule has 0 aliphatic carbocycles. The van der Waals surface area contributed by atoms with E-state index in [0.717, 1.165) is 40.2 Å². The largest absolute Gasteiger partial charge is 0.507 e. The van der Waals surface area contributed by atoms with Gasteiger partial charge < -0.3 is 9.84 Å². The third-order valence-electron chi connectivity index (χ3n) is 3.20. The molecule has 0 saturated carbocycles. The zero-order valence-corrected chi connectivity index (χ0v) is 9.64. The molecule has 15 heavy (non-hydrogen) atoms. The molecule has 1 aromatic rings. The van der Waals surface area contributed by atoms with E-state index in [1.54, 1.807) is 0 Å². The lowest BCUT2D eigenvalue weighted by atomic mass is 9.94. The zero-order valence-electron chi connectivity index (χ0n) is 9.64. The van der Waals surface area contributed by atoms with Crippen molar-refractivity contribution in [2.45, 2.75) is 34.1 Å². The summed E-state index contributed by atoms with van der Waals surface area (Å²) in [4.78, 5) is 0. The minimum absolute atomic E-state index is 0.405. The Kier molecular flexibility index (Phi) is 2.22. The average Bonchev–Trinajstić information content (AvgIpc) is 2.23. The Morgan fingerprint density at radius 3 is 2.40 bits per heavy atom. The molecule has 0 atom stereocenters. The Morgan fingerprint density at radius 1 is 1.07 bits per heavy atom. The molecule has 0 radical (unpaired) electrons. The molecule has 2 heteroatoms. The Hall–Kier alpha value is -1.44. The first-order valence-electron chi connectivity index (χ1n) is 5.18. The quantitative estimate of drug-likeness (QED) is 0.703. The summed E-state index contributed by atoms with van der Waals surface area (Å²) in [6.45, 7) is 7.82. The van der Waals surface area contributed by atoms with Crippen LogP contribution in [0.1, 0.15) is 29.2 Å². The van der Waals surface area contributed by atoms with Crippen molar-refractivity contribution in [3.05, 3.63) is 34.1 Å². The van der Waals surface area contributed by atoms with Gasteiger partial charge in [0.25, 0.3) is 0 Å². The second-order valence-corrected chi connectivity index (χ2v) is 4.15.